The van der Waals surface area contributed by atoms with Crippen LogP contribution in [-0.2, 0) is 19.9 Å². The van der Waals surface area contributed by atoms with Crippen LogP contribution in [0.2, 0.25) is 0 Å². The second-order valence-electron chi connectivity index (χ2n) is 9.58. The first-order valence-electron chi connectivity index (χ1n) is 12.6. The van der Waals surface area contributed by atoms with Gasteiger partial charge in [-0.2, -0.15) is 0 Å². The third-order valence-electron chi connectivity index (χ3n) is 7.17. The normalized spacial score (nSPS) is 23.6. The lowest BCUT2D eigenvalue weighted by atomic mass is 9.80. The maximum absolute atomic E-state index is 12.6. The van der Waals surface area contributed by atoms with Gasteiger partial charge in [-0.25, -0.2) is 4.79 Å². The number of nitrogens with one attached hydrogen (secondary N) is 1. The summed E-state index contributed by atoms with van der Waals surface area (Å²) in [7, 11) is 0. The fourth-order valence-corrected chi connectivity index (χ4v) is 5.23. The Morgan fingerprint density at radius 1 is 0.974 bits per heavy atom. The predicted molar refractivity (Wildman–Crippen MR) is 141 cm³/mol. The molecule has 4 unspecified atom stereocenters. The molecule has 0 saturated carbocycles. The van der Waals surface area contributed by atoms with Crippen LogP contribution in [0, 0.1) is 5.92 Å². The molecule has 9 heteroatoms. The van der Waals surface area contributed by atoms with Crippen molar-refractivity contribution in [1.82, 2.24) is 10.2 Å². The van der Waals surface area contributed by atoms with Gasteiger partial charge in [0.1, 0.15) is 11.8 Å². The highest BCUT2D eigenvalue weighted by Crippen LogP contribution is 2.41. The quantitative estimate of drug-likeness (QED) is 0.199. The highest BCUT2D eigenvalue weighted by Gasteiger charge is 2.45. The summed E-state index contributed by atoms with van der Waals surface area (Å²) >= 11 is 0. The smallest absolute Gasteiger partial charge is 0.326 e. The summed E-state index contributed by atoms with van der Waals surface area (Å²) in [6.07, 6.45) is -0.942. The van der Waals surface area contributed by atoms with Crippen LogP contribution < -0.4 is 5.32 Å². The molecule has 5 rings (SSSR count). The van der Waals surface area contributed by atoms with E-state index in [1.54, 1.807) is 6.92 Å². The lowest BCUT2D eigenvalue weighted by Gasteiger charge is -2.37. The number of nitrogens with zero attached hydrogens (tertiary/aromatic N) is 4. The predicted octanol–water partition coefficient (Wildman–Crippen LogP) is 4.98. The summed E-state index contributed by atoms with van der Waals surface area (Å²) < 4.78 is 13.2. The van der Waals surface area contributed by atoms with Gasteiger partial charge in [0, 0.05) is 17.9 Å². The molecule has 2 aliphatic rings. The van der Waals surface area contributed by atoms with E-state index in [0.29, 0.717) is 6.42 Å². The number of azide groups is 1. The van der Waals surface area contributed by atoms with E-state index in [2.05, 4.69) is 15.3 Å². The summed E-state index contributed by atoms with van der Waals surface area (Å²) in [5.74, 6) is -0.680. The van der Waals surface area contributed by atoms with Crippen molar-refractivity contribution in [2.24, 2.45) is 11.0 Å². The van der Waals surface area contributed by atoms with E-state index in [0.717, 1.165) is 16.7 Å². The third-order valence-corrected chi connectivity index (χ3v) is 7.17. The Hall–Kier alpha value is -4.17. The fraction of sp³-hybridized carbons (Fsp3) is 0.310. The summed E-state index contributed by atoms with van der Waals surface area (Å²) in [5, 5.41) is 6.35. The van der Waals surface area contributed by atoms with Crippen LogP contribution in [-0.4, -0.2) is 48.4 Å². The minimum atomic E-state index is -0.963. The molecule has 9 nitrogen and oxygen atoms in total. The molecule has 2 heterocycles. The minimum Gasteiger partial charge on any atom is -0.358 e. The Morgan fingerprint density at radius 2 is 1.50 bits per heavy atom. The molecule has 38 heavy (non-hydrogen) atoms. The monoisotopic (exact) mass is 511 g/mol. The molecule has 0 aliphatic carbocycles. The van der Waals surface area contributed by atoms with Crippen molar-refractivity contribution in [2.45, 2.75) is 37.3 Å². The molecule has 0 radical (unpaired) electrons. The van der Waals surface area contributed by atoms with Gasteiger partial charge in [-0.15, -0.1) is 0 Å². The highest BCUT2D eigenvalue weighted by molar-refractivity contribution is 5.97. The third kappa shape index (κ3) is 4.87. The molecule has 4 atom stereocenters. The number of benzene rings is 3. The number of rotatable bonds is 8. The lowest BCUT2D eigenvalue weighted by Crippen LogP contribution is -2.57. The van der Waals surface area contributed by atoms with Crippen molar-refractivity contribution < 1.29 is 19.1 Å². The number of imide groups is 1. The maximum atomic E-state index is 12.6. The molecule has 194 valence electrons. The molecule has 0 aromatic heterocycles. The average Bonchev–Trinajstić information content (AvgIpc) is 3.35. The van der Waals surface area contributed by atoms with Crippen molar-refractivity contribution in [3.63, 3.8) is 0 Å². The van der Waals surface area contributed by atoms with Crippen molar-refractivity contribution in [1.29, 1.82) is 0 Å². The van der Waals surface area contributed by atoms with Crippen LogP contribution in [0.3, 0.4) is 0 Å². The fourth-order valence-electron chi connectivity index (χ4n) is 5.23. The molecule has 3 aromatic carbocycles. The van der Waals surface area contributed by atoms with Crippen LogP contribution in [0.1, 0.15) is 30.0 Å². The molecular formula is C29H29N5O4. The zero-order valence-corrected chi connectivity index (χ0v) is 21.0. The van der Waals surface area contributed by atoms with E-state index >= 15 is 0 Å². The first-order chi connectivity index (χ1) is 18.5. The number of ether oxygens (including phenoxy) is 2. The van der Waals surface area contributed by atoms with E-state index < -0.39 is 30.0 Å². The summed E-state index contributed by atoms with van der Waals surface area (Å²) in [4.78, 5) is 29.0. The van der Waals surface area contributed by atoms with E-state index in [1.807, 2.05) is 91.0 Å². The van der Waals surface area contributed by atoms with E-state index in [4.69, 9.17) is 9.47 Å². The van der Waals surface area contributed by atoms with Gasteiger partial charge < -0.3 is 9.47 Å². The van der Waals surface area contributed by atoms with Gasteiger partial charge in [0.2, 0.25) is 5.91 Å². The SMILES string of the molecule is CC1CN(C2CC(N=[N+]=[N-])C(COC(c3ccccc3)(c3ccccc3)c3ccccc3)O2)C(=O)NC1=O. The van der Waals surface area contributed by atoms with E-state index in [-0.39, 0.29) is 25.0 Å². The van der Waals surface area contributed by atoms with E-state index in [1.165, 1.54) is 4.90 Å². The second kappa shape index (κ2) is 11.1. The van der Waals surface area contributed by atoms with Gasteiger partial charge in [-0.1, -0.05) is 103 Å². The molecule has 2 fully saturated rings. The summed E-state index contributed by atoms with van der Waals surface area (Å²) in [5.41, 5.74) is 11.1. The van der Waals surface area contributed by atoms with Gasteiger partial charge in [0.05, 0.1) is 24.7 Å². The number of carbonyl (C=O) groups excluding carboxylic acids is 2. The standard InChI is InChI=1S/C29H29N5O4/c1-20-18-34(28(36)31-27(20)35)26-17-24(32-33-30)25(38-26)19-37-29(21-11-5-2-6-12-21,22-13-7-3-8-14-22)23-15-9-4-10-16-23/h2-16,20,24-26H,17-19H2,1H3,(H,31,35,36). The van der Waals surface area contributed by atoms with Crippen LogP contribution in [0.5, 0.6) is 0 Å². The van der Waals surface area contributed by atoms with Crippen molar-refractivity contribution in [3.05, 3.63) is 118 Å². The molecule has 0 bridgehead atoms. The molecular weight excluding hydrogens is 482 g/mol. The zero-order chi connectivity index (χ0) is 26.5. The van der Waals surface area contributed by atoms with Crippen molar-refractivity contribution in [2.75, 3.05) is 13.2 Å². The Balaban J connectivity index is 1.49. The second-order valence-corrected chi connectivity index (χ2v) is 9.58. The van der Waals surface area contributed by atoms with Crippen LogP contribution in [0.4, 0.5) is 4.79 Å². The van der Waals surface area contributed by atoms with Crippen molar-refractivity contribution in [3.8, 4) is 0 Å². The number of hydrogen-bond acceptors (Lipinski definition) is 5. The average molecular weight is 512 g/mol. The molecule has 1 N–H and O–H groups in total. The molecule has 3 amide bonds. The number of amides is 3. The Bertz CT molecular complexity index is 1220. The number of carbonyl (C=O) groups is 2. The lowest BCUT2D eigenvalue weighted by molar-refractivity contribution is -0.129. The van der Waals surface area contributed by atoms with Crippen LogP contribution >= 0.6 is 0 Å². The highest BCUT2D eigenvalue weighted by atomic mass is 16.6. The Kier molecular flexibility index (Phi) is 7.42. The largest absolute Gasteiger partial charge is 0.358 e. The first-order valence-corrected chi connectivity index (χ1v) is 12.6. The zero-order valence-electron chi connectivity index (χ0n) is 21.0. The topological polar surface area (TPSA) is 117 Å². The number of hydrogen-bond donors (Lipinski definition) is 1. The maximum Gasteiger partial charge on any atom is 0.326 e. The van der Waals surface area contributed by atoms with Gasteiger partial charge >= 0.3 is 6.03 Å². The first kappa shape index (κ1) is 25.5. The van der Waals surface area contributed by atoms with Gasteiger partial charge in [0.25, 0.3) is 0 Å². The number of urea groups is 1. The molecule has 0 spiro atoms. The molecule has 3 aromatic rings. The van der Waals surface area contributed by atoms with Gasteiger partial charge in [-0.3, -0.25) is 15.0 Å². The molecule has 2 saturated heterocycles. The van der Waals surface area contributed by atoms with Gasteiger partial charge in [-0.05, 0) is 22.2 Å². The molecule has 2 aliphatic heterocycles. The Labute approximate surface area is 221 Å². The Morgan fingerprint density at radius 3 is 2.00 bits per heavy atom. The summed E-state index contributed by atoms with van der Waals surface area (Å²) in [6.45, 7) is 2.08. The minimum absolute atomic E-state index is 0.100. The van der Waals surface area contributed by atoms with E-state index in [9.17, 15) is 15.1 Å². The van der Waals surface area contributed by atoms with Crippen molar-refractivity contribution >= 4 is 11.9 Å². The van der Waals surface area contributed by atoms with Gasteiger partial charge in [0.15, 0.2) is 0 Å². The van der Waals surface area contributed by atoms with Crippen LogP contribution in [0.15, 0.2) is 96.1 Å². The van der Waals surface area contributed by atoms with Crippen LogP contribution in [0.25, 0.3) is 10.4 Å². The summed E-state index contributed by atoms with van der Waals surface area (Å²) in [6, 6.07) is 28.8.